The van der Waals surface area contributed by atoms with Gasteiger partial charge in [-0.25, -0.2) is 4.98 Å². The van der Waals surface area contributed by atoms with Gasteiger partial charge in [-0.3, -0.25) is 4.79 Å². The van der Waals surface area contributed by atoms with Crippen LogP contribution in [0.15, 0.2) is 24.3 Å². The number of benzene rings is 1. The minimum absolute atomic E-state index is 0. The van der Waals surface area contributed by atoms with Crippen molar-refractivity contribution in [1.29, 1.82) is 0 Å². The zero-order valence-corrected chi connectivity index (χ0v) is 17.2. The number of hydrogen-bond donors (Lipinski definition) is 2. The molecule has 8 heteroatoms. The van der Waals surface area contributed by atoms with Crippen molar-refractivity contribution in [2.75, 3.05) is 13.2 Å². The summed E-state index contributed by atoms with van der Waals surface area (Å²) >= 11 is 0. The summed E-state index contributed by atoms with van der Waals surface area (Å²) < 4.78 is 7.75. The van der Waals surface area contributed by atoms with Crippen LogP contribution in [0.5, 0.6) is 0 Å². The van der Waals surface area contributed by atoms with E-state index >= 15 is 0 Å². The number of hydrogen-bond acceptors (Lipinski definition) is 4. The molecule has 1 aliphatic rings. The highest BCUT2D eigenvalue weighted by Crippen LogP contribution is 2.25. The van der Waals surface area contributed by atoms with Crippen molar-refractivity contribution in [2.45, 2.75) is 51.9 Å². The zero-order valence-electron chi connectivity index (χ0n) is 15.6. The molecule has 1 aromatic heterocycles. The Morgan fingerprint density at radius 2 is 2.00 bits per heavy atom. The molecule has 0 radical (unpaired) electrons. The van der Waals surface area contributed by atoms with E-state index in [0.717, 1.165) is 16.9 Å². The second-order valence-corrected chi connectivity index (χ2v) is 6.66. The number of nitrogens with zero attached hydrogens (tertiary/aromatic N) is 2. The molecule has 1 aromatic carbocycles. The molecular formula is C18H28Cl2N4O2. The third kappa shape index (κ3) is 4.49. The van der Waals surface area contributed by atoms with Gasteiger partial charge in [0.1, 0.15) is 11.9 Å². The first kappa shape index (κ1) is 22.7. The van der Waals surface area contributed by atoms with E-state index in [2.05, 4.69) is 35.1 Å². The normalized spacial score (nSPS) is 21.0. The van der Waals surface area contributed by atoms with Crippen molar-refractivity contribution in [3.05, 3.63) is 30.1 Å². The second kappa shape index (κ2) is 9.55. The zero-order chi connectivity index (χ0) is 17.3. The van der Waals surface area contributed by atoms with Crippen LogP contribution in [0.4, 0.5) is 0 Å². The van der Waals surface area contributed by atoms with Crippen molar-refractivity contribution in [3.63, 3.8) is 0 Å². The van der Waals surface area contributed by atoms with Crippen LogP contribution in [0.3, 0.4) is 0 Å². The first-order chi connectivity index (χ1) is 11.5. The molecule has 146 valence electrons. The number of amides is 1. The Morgan fingerprint density at radius 3 is 2.65 bits per heavy atom. The van der Waals surface area contributed by atoms with Crippen molar-refractivity contribution in [3.8, 4) is 0 Å². The molecule has 0 bridgehead atoms. The second-order valence-electron chi connectivity index (χ2n) is 6.66. The molecule has 0 aliphatic carbocycles. The highest BCUT2D eigenvalue weighted by molar-refractivity contribution is 5.85. The van der Waals surface area contributed by atoms with Gasteiger partial charge in [0.2, 0.25) is 5.91 Å². The highest BCUT2D eigenvalue weighted by Gasteiger charge is 2.30. The van der Waals surface area contributed by atoms with Gasteiger partial charge in [-0.1, -0.05) is 12.1 Å². The van der Waals surface area contributed by atoms with Crippen LogP contribution < -0.4 is 10.6 Å². The molecular weight excluding hydrogens is 375 g/mol. The molecule has 1 fully saturated rings. The number of imidazole rings is 1. The molecule has 3 rings (SSSR count). The van der Waals surface area contributed by atoms with Crippen LogP contribution in [-0.4, -0.2) is 40.8 Å². The van der Waals surface area contributed by atoms with Gasteiger partial charge in [0.15, 0.2) is 0 Å². The third-order valence-corrected chi connectivity index (χ3v) is 4.48. The number of fused-ring (bicyclic) bond motifs is 1. The topological polar surface area (TPSA) is 68.2 Å². The predicted octanol–water partition coefficient (Wildman–Crippen LogP) is 3.01. The molecule has 0 saturated carbocycles. The van der Waals surface area contributed by atoms with Crippen LogP contribution in [0, 0.1) is 0 Å². The first-order valence-electron chi connectivity index (χ1n) is 8.61. The Kier molecular flexibility index (Phi) is 8.34. The number of rotatable bonds is 4. The fourth-order valence-corrected chi connectivity index (χ4v) is 3.31. The number of ether oxygens (including phenoxy) is 1. The summed E-state index contributed by atoms with van der Waals surface area (Å²) in [4.78, 5) is 17.3. The molecule has 1 aliphatic heterocycles. The Balaban J connectivity index is 0.00000169. The van der Waals surface area contributed by atoms with Gasteiger partial charge in [0.05, 0.1) is 29.8 Å². The van der Waals surface area contributed by atoms with Crippen molar-refractivity contribution in [2.24, 2.45) is 0 Å². The maximum Gasteiger partial charge on any atom is 0.240 e. The molecule has 1 amide bonds. The van der Waals surface area contributed by atoms with Gasteiger partial charge in [0.25, 0.3) is 0 Å². The van der Waals surface area contributed by atoms with E-state index in [-0.39, 0.29) is 55.0 Å². The standard InChI is InChI=1S/C18H26N4O2.2ClH/c1-11(2)22-15-8-6-5-7-14(15)21-17(22)12(3)20-18(23)16-13(4)24-10-9-19-16;;/h5-8,11-13,16,19H,9-10H2,1-4H3,(H,20,23);2*1H/t12?,13-,16+;;/m1../s1. The first-order valence-corrected chi connectivity index (χ1v) is 8.61. The summed E-state index contributed by atoms with van der Waals surface area (Å²) in [5, 5.41) is 6.31. The lowest BCUT2D eigenvalue weighted by molar-refractivity contribution is -0.129. The number of carbonyl (C=O) groups excluding carboxylic acids is 1. The van der Waals surface area contributed by atoms with Crippen LogP contribution in [-0.2, 0) is 9.53 Å². The van der Waals surface area contributed by atoms with Crippen LogP contribution in [0.1, 0.15) is 45.6 Å². The minimum Gasteiger partial charge on any atom is -0.375 e. The van der Waals surface area contributed by atoms with Crippen molar-refractivity contribution < 1.29 is 9.53 Å². The van der Waals surface area contributed by atoms with E-state index in [4.69, 9.17) is 9.72 Å². The van der Waals surface area contributed by atoms with E-state index in [0.29, 0.717) is 13.2 Å². The lowest BCUT2D eigenvalue weighted by Crippen LogP contribution is -2.55. The number of aromatic nitrogens is 2. The fourth-order valence-electron chi connectivity index (χ4n) is 3.31. The average molecular weight is 403 g/mol. The van der Waals surface area contributed by atoms with E-state index in [1.807, 2.05) is 32.0 Å². The molecule has 2 heterocycles. The molecule has 0 spiro atoms. The van der Waals surface area contributed by atoms with Gasteiger partial charge < -0.3 is 19.9 Å². The quantitative estimate of drug-likeness (QED) is 0.824. The van der Waals surface area contributed by atoms with E-state index in [1.54, 1.807) is 0 Å². The third-order valence-electron chi connectivity index (χ3n) is 4.48. The fraction of sp³-hybridized carbons (Fsp3) is 0.556. The van der Waals surface area contributed by atoms with Gasteiger partial charge in [0, 0.05) is 12.6 Å². The molecule has 2 N–H and O–H groups in total. The summed E-state index contributed by atoms with van der Waals surface area (Å²) in [6.45, 7) is 9.50. The van der Waals surface area contributed by atoms with Gasteiger partial charge in [-0.15, -0.1) is 24.8 Å². The summed E-state index contributed by atoms with van der Waals surface area (Å²) in [6, 6.07) is 7.84. The monoisotopic (exact) mass is 402 g/mol. The Bertz CT molecular complexity index is 735. The number of halogens is 2. The lowest BCUT2D eigenvalue weighted by Gasteiger charge is -2.30. The number of para-hydroxylation sites is 2. The molecule has 26 heavy (non-hydrogen) atoms. The number of nitrogens with one attached hydrogen (secondary N) is 2. The van der Waals surface area contributed by atoms with Crippen LogP contribution in [0.2, 0.25) is 0 Å². The summed E-state index contributed by atoms with van der Waals surface area (Å²) in [5.74, 6) is 0.834. The van der Waals surface area contributed by atoms with E-state index < -0.39 is 0 Å². The van der Waals surface area contributed by atoms with Gasteiger partial charge >= 0.3 is 0 Å². The molecule has 3 atom stereocenters. The SMILES string of the molecule is CC(NC(=O)[C@H]1NCCO[C@@H]1C)c1nc2ccccc2n1C(C)C.Cl.Cl. The van der Waals surface area contributed by atoms with E-state index in [1.165, 1.54) is 0 Å². The Labute approximate surface area is 166 Å². The molecule has 1 unspecified atom stereocenters. The van der Waals surface area contributed by atoms with Gasteiger partial charge in [-0.2, -0.15) is 0 Å². The minimum atomic E-state index is -0.321. The maximum atomic E-state index is 12.6. The number of morpholine rings is 1. The summed E-state index contributed by atoms with van der Waals surface area (Å²) in [6.07, 6.45) is -0.130. The van der Waals surface area contributed by atoms with Crippen LogP contribution in [0.25, 0.3) is 11.0 Å². The maximum absolute atomic E-state index is 12.6. The largest absolute Gasteiger partial charge is 0.375 e. The van der Waals surface area contributed by atoms with Crippen molar-refractivity contribution in [1.82, 2.24) is 20.2 Å². The highest BCUT2D eigenvalue weighted by atomic mass is 35.5. The summed E-state index contributed by atoms with van der Waals surface area (Å²) in [5.41, 5.74) is 2.05. The van der Waals surface area contributed by atoms with Gasteiger partial charge in [-0.05, 0) is 39.8 Å². The van der Waals surface area contributed by atoms with Crippen molar-refractivity contribution >= 4 is 41.8 Å². The molecule has 6 nitrogen and oxygen atoms in total. The smallest absolute Gasteiger partial charge is 0.240 e. The average Bonchev–Trinajstić information content (AvgIpc) is 2.95. The van der Waals surface area contributed by atoms with E-state index in [9.17, 15) is 4.79 Å². The van der Waals surface area contributed by atoms with Crippen LogP contribution >= 0.6 is 24.8 Å². The molecule has 1 saturated heterocycles. The molecule has 2 aromatic rings. The Morgan fingerprint density at radius 1 is 1.31 bits per heavy atom. The number of carbonyl (C=O) groups is 1. The summed E-state index contributed by atoms with van der Waals surface area (Å²) in [7, 11) is 0. The lowest BCUT2D eigenvalue weighted by atomic mass is 10.1. The predicted molar refractivity (Wildman–Crippen MR) is 108 cm³/mol. The Hall–Kier alpha value is -1.34.